The standard InChI is InChI=1S/C12H12ClFN4O2/c1-18(2)12-16-9(20-17-12)6-15-11(19)7-4-3-5-8(14)10(7)13/h3-5H,6H2,1-2H3,(H,15,19). The van der Waals surface area contributed by atoms with E-state index in [2.05, 4.69) is 15.5 Å². The van der Waals surface area contributed by atoms with Crippen molar-refractivity contribution < 1.29 is 13.7 Å². The molecule has 1 aromatic heterocycles. The molecule has 8 heteroatoms. The number of nitrogens with one attached hydrogen (secondary N) is 1. The molecule has 2 aromatic rings. The molecule has 1 amide bonds. The minimum absolute atomic E-state index is 0.0342. The smallest absolute Gasteiger partial charge is 0.265 e. The molecule has 0 spiro atoms. The summed E-state index contributed by atoms with van der Waals surface area (Å²) >= 11 is 5.72. The minimum Gasteiger partial charge on any atom is -0.344 e. The van der Waals surface area contributed by atoms with Crippen molar-refractivity contribution in [2.45, 2.75) is 6.54 Å². The third-order valence-corrected chi connectivity index (χ3v) is 2.84. The third-order valence-electron chi connectivity index (χ3n) is 2.45. The quantitative estimate of drug-likeness (QED) is 0.933. The van der Waals surface area contributed by atoms with Gasteiger partial charge in [0.2, 0.25) is 5.89 Å². The summed E-state index contributed by atoms with van der Waals surface area (Å²) in [4.78, 5) is 17.6. The van der Waals surface area contributed by atoms with E-state index in [0.29, 0.717) is 5.95 Å². The van der Waals surface area contributed by atoms with Crippen LogP contribution in [0.1, 0.15) is 16.2 Å². The van der Waals surface area contributed by atoms with Gasteiger partial charge in [0.05, 0.1) is 17.1 Å². The minimum atomic E-state index is -0.646. The zero-order valence-corrected chi connectivity index (χ0v) is 11.6. The normalized spacial score (nSPS) is 10.4. The number of carbonyl (C=O) groups excluding carboxylic acids is 1. The number of amides is 1. The van der Waals surface area contributed by atoms with Gasteiger partial charge in [-0.05, 0) is 17.3 Å². The molecule has 0 unspecified atom stereocenters. The first-order chi connectivity index (χ1) is 9.49. The summed E-state index contributed by atoms with van der Waals surface area (Å²) in [5.74, 6) is -0.515. The van der Waals surface area contributed by atoms with Gasteiger partial charge in [0, 0.05) is 14.1 Å². The van der Waals surface area contributed by atoms with Crippen molar-refractivity contribution in [2.75, 3.05) is 19.0 Å². The zero-order chi connectivity index (χ0) is 14.7. The lowest BCUT2D eigenvalue weighted by Crippen LogP contribution is -2.23. The topological polar surface area (TPSA) is 71.3 Å². The van der Waals surface area contributed by atoms with Crippen molar-refractivity contribution in [2.24, 2.45) is 0 Å². The summed E-state index contributed by atoms with van der Waals surface area (Å²) in [6, 6.07) is 4.02. The second-order valence-corrected chi connectivity index (χ2v) is 4.54. The summed E-state index contributed by atoms with van der Waals surface area (Å²) in [7, 11) is 3.53. The highest BCUT2D eigenvalue weighted by Gasteiger charge is 2.14. The van der Waals surface area contributed by atoms with Gasteiger partial charge in [-0.25, -0.2) is 4.39 Å². The molecule has 0 saturated carbocycles. The van der Waals surface area contributed by atoms with Crippen molar-refractivity contribution >= 4 is 23.5 Å². The average Bonchev–Trinajstić information content (AvgIpc) is 2.88. The molecule has 0 aliphatic heterocycles. The van der Waals surface area contributed by atoms with Gasteiger partial charge in [-0.3, -0.25) is 4.79 Å². The Hall–Kier alpha value is -2.15. The largest absolute Gasteiger partial charge is 0.344 e. The molecule has 0 atom stereocenters. The molecule has 2 rings (SSSR count). The SMILES string of the molecule is CN(C)c1noc(CNC(=O)c2cccc(F)c2Cl)n1. The first-order valence-electron chi connectivity index (χ1n) is 5.71. The number of carbonyl (C=O) groups is 1. The Labute approximate surface area is 119 Å². The van der Waals surface area contributed by atoms with E-state index in [4.69, 9.17) is 16.1 Å². The maximum Gasteiger partial charge on any atom is 0.265 e. The van der Waals surface area contributed by atoms with E-state index >= 15 is 0 Å². The zero-order valence-electron chi connectivity index (χ0n) is 10.9. The first-order valence-corrected chi connectivity index (χ1v) is 6.09. The molecule has 0 bridgehead atoms. The molecule has 1 N–H and O–H groups in total. The van der Waals surface area contributed by atoms with Crippen LogP contribution in [-0.4, -0.2) is 30.1 Å². The van der Waals surface area contributed by atoms with Crippen LogP contribution in [0.4, 0.5) is 10.3 Å². The van der Waals surface area contributed by atoms with Crippen LogP contribution in [0, 0.1) is 5.82 Å². The van der Waals surface area contributed by atoms with Crippen LogP contribution in [0.25, 0.3) is 0 Å². The lowest BCUT2D eigenvalue weighted by molar-refractivity contribution is 0.0946. The fourth-order valence-corrected chi connectivity index (χ4v) is 1.64. The predicted octanol–water partition coefficient (Wildman–Crippen LogP) is 1.86. The maximum absolute atomic E-state index is 13.2. The van der Waals surface area contributed by atoms with Crippen molar-refractivity contribution in [1.29, 1.82) is 0 Å². The molecule has 6 nitrogen and oxygen atoms in total. The Morgan fingerprint density at radius 1 is 1.50 bits per heavy atom. The highest BCUT2D eigenvalue weighted by molar-refractivity contribution is 6.34. The maximum atomic E-state index is 13.2. The fraction of sp³-hybridized carbons (Fsp3) is 0.250. The van der Waals surface area contributed by atoms with E-state index in [1.54, 1.807) is 19.0 Å². The van der Waals surface area contributed by atoms with Crippen LogP contribution in [0.15, 0.2) is 22.7 Å². The summed E-state index contributed by atoms with van der Waals surface area (Å²) in [5.41, 5.74) is 0.0546. The molecular weight excluding hydrogens is 287 g/mol. The average molecular weight is 299 g/mol. The molecular formula is C12H12ClFN4O2. The second-order valence-electron chi connectivity index (χ2n) is 4.17. The van der Waals surface area contributed by atoms with E-state index in [0.717, 1.165) is 0 Å². The molecule has 0 aliphatic rings. The number of halogens is 2. The van der Waals surface area contributed by atoms with Crippen molar-refractivity contribution in [3.63, 3.8) is 0 Å². The van der Waals surface area contributed by atoms with Gasteiger partial charge in [0.25, 0.3) is 11.9 Å². The van der Waals surface area contributed by atoms with Gasteiger partial charge in [0.15, 0.2) is 0 Å². The van der Waals surface area contributed by atoms with Gasteiger partial charge in [0.1, 0.15) is 5.82 Å². The number of benzene rings is 1. The number of hydrogen-bond acceptors (Lipinski definition) is 5. The van der Waals surface area contributed by atoms with Gasteiger partial charge in [-0.2, -0.15) is 4.98 Å². The lowest BCUT2D eigenvalue weighted by atomic mass is 10.2. The molecule has 1 heterocycles. The van der Waals surface area contributed by atoms with Crippen molar-refractivity contribution in [3.05, 3.63) is 40.5 Å². The van der Waals surface area contributed by atoms with E-state index in [1.165, 1.54) is 18.2 Å². The second kappa shape index (κ2) is 5.87. The number of anilines is 1. The summed E-state index contributed by atoms with van der Waals surface area (Å²) in [6.45, 7) is 0.0342. The van der Waals surface area contributed by atoms with Gasteiger partial charge < -0.3 is 14.7 Å². The molecule has 106 valence electrons. The molecule has 20 heavy (non-hydrogen) atoms. The summed E-state index contributed by atoms with van der Waals surface area (Å²) in [5, 5.41) is 6.01. The lowest BCUT2D eigenvalue weighted by Gasteiger charge is -2.05. The van der Waals surface area contributed by atoms with Gasteiger partial charge in [-0.1, -0.05) is 17.7 Å². The van der Waals surface area contributed by atoms with Crippen LogP contribution in [0.3, 0.4) is 0 Å². The van der Waals surface area contributed by atoms with E-state index in [1.807, 2.05) is 0 Å². The Morgan fingerprint density at radius 3 is 2.90 bits per heavy atom. The van der Waals surface area contributed by atoms with Crippen LogP contribution in [0.5, 0.6) is 0 Å². The summed E-state index contributed by atoms with van der Waals surface area (Å²) in [6.07, 6.45) is 0. The summed E-state index contributed by atoms with van der Waals surface area (Å²) < 4.78 is 18.2. The number of aromatic nitrogens is 2. The molecule has 0 fully saturated rings. The van der Waals surface area contributed by atoms with E-state index in [9.17, 15) is 9.18 Å². The van der Waals surface area contributed by atoms with Crippen molar-refractivity contribution in [3.8, 4) is 0 Å². The van der Waals surface area contributed by atoms with Crippen molar-refractivity contribution in [1.82, 2.24) is 15.5 Å². The Morgan fingerprint density at radius 2 is 2.25 bits per heavy atom. The molecule has 0 aliphatic carbocycles. The molecule has 0 radical (unpaired) electrons. The van der Waals surface area contributed by atoms with Gasteiger partial charge >= 0.3 is 0 Å². The van der Waals surface area contributed by atoms with Crippen LogP contribution in [-0.2, 0) is 6.54 Å². The van der Waals surface area contributed by atoms with E-state index < -0.39 is 11.7 Å². The first kappa shape index (κ1) is 14.3. The van der Waals surface area contributed by atoms with E-state index in [-0.39, 0.29) is 23.0 Å². The van der Waals surface area contributed by atoms with Crippen LogP contribution in [0.2, 0.25) is 5.02 Å². The Bertz CT molecular complexity index is 630. The fourth-order valence-electron chi connectivity index (χ4n) is 1.43. The monoisotopic (exact) mass is 298 g/mol. The molecule has 0 saturated heterocycles. The highest BCUT2D eigenvalue weighted by Crippen LogP contribution is 2.19. The predicted molar refractivity (Wildman–Crippen MR) is 71.2 cm³/mol. The van der Waals surface area contributed by atoms with Gasteiger partial charge in [-0.15, -0.1) is 0 Å². The van der Waals surface area contributed by atoms with Crippen LogP contribution < -0.4 is 10.2 Å². The molecule has 1 aromatic carbocycles. The highest BCUT2D eigenvalue weighted by atomic mass is 35.5. The third kappa shape index (κ3) is 3.05. The number of nitrogens with zero attached hydrogens (tertiary/aromatic N) is 3. The van der Waals surface area contributed by atoms with Crippen LogP contribution >= 0.6 is 11.6 Å². The Balaban J connectivity index is 2.03. The Kier molecular flexibility index (Phi) is 4.19. The number of rotatable bonds is 4. The number of hydrogen-bond donors (Lipinski definition) is 1.